The highest BCUT2D eigenvalue weighted by molar-refractivity contribution is 4.92. The van der Waals surface area contributed by atoms with Gasteiger partial charge in [0.05, 0.1) is 12.7 Å². The number of hydrogen-bond acceptors (Lipinski definition) is 3. The molecule has 15 heavy (non-hydrogen) atoms. The van der Waals surface area contributed by atoms with E-state index < -0.39 is 0 Å². The first-order valence-corrected chi connectivity index (χ1v) is 5.09. The van der Waals surface area contributed by atoms with Gasteiger partial charge in [-0.05, 0) is 13.0 Å². The van der Waals surface area contributed by atoms with Gasteiger partial charge in [0.1, 0.15) is 0 Å². The SMILES string of the molecule is c1cn(CCCNCc2cnc[nH]2)cn1. The third-order valence-corrected chi connectivity index (χ3v) is 2.20. The number of rotatable bonds is 6. The van der Waals surface area contributed by atoms with Crippen LogP contribution in [0.5, 0.6) is 0 Å². The number of imidazole rings is 2. The topological polar surface area (TPSA) is 58.5 Å². The highest BCUT2D eigenvalue weighted by Gasteiger charge is 1.93. The molecule has 2 heterocycles. The van der Waals surface area contributed by atoms with E-state index >= 15 is 0 Å². The minimum Gasteiger partial charge on any atom is -0.347 e. The van der Waals surface area contributed by atoms with Crippen molar-refractivity contribution in [2.24, 2.45) is 0 Å². The van der Waals surface area contributed by atoms with Crippen LogP contribution in [-0.2, 0) is 13.1 Å². The minimum absolute atomic E-state index is 0.851. The molecule has 0 saturated heterocycles. The van der Waals surface area contributed by atoms with Gasteiger partial charge < -0.3 is 14.9 Å². The first-order valence-electron chi connectivity index (χ1n) is 5.09. The van der Waals surface area contributed by atoms with E-state index in [1.807, 2.05) is 18.7 Å². The average molecular weight is 205 g/mol. The normalized spacial score (nSPS) is 10.7. The first kappa shape index (κ1) is 9.92. The molecule has 0 bridgehead atoms. The van der Waals surface area contributed by atoms with Gasteiger partial charge in [0.2, 0.25) is 0 Å². The summed E-state index contributed by atoms with van der Waals surface area (Å²) in [4.78, 5) is 11.0. The van der Waals surface area contributed by atoms with Crippen LogP contribution in [0, 0.1) is 0 Å². The van der Waals surface area contributed by atoms with Crippen molar-refractivity contribution < 1.29 is 0 Å². The fraction of sp³-hybridized carbons (Fsp3) is 0.400. The van der Waals surface area contributed by atoms with Crippen molar-refractivity contribution >= 4 is 0 Å². The Morgan fingerprint density at radius 2 is 2.40 bits per heavy atom. The number of H-pyrrole nitrogens is 1. The minimum atomic E-state index is 0.851. The molecule has 0 amide bonds. The average Bonchev–Trinajstić information content (AvgIpc) is 2.88. The van der Waals surface area contributed by atoms with Gasteiger partial charge in [-0.25, -0.2) is 9.97 Å². The molecule has 0 unspecified atom stereocenters. The Bertz CT molecular complexity index is 315. The number of aromatic amines is 1. The molecule has 0 aliphatic carbocycles. The van der Waals surface area contributed by atoms with Crippen molar-refractivity contribution in [2.75, 3.05) is 6.54 Å². The Balaban J connectivity index is 1.56. The fourth-order valence-electron chi connectivity index (χ4n) is 1.41. The summed E-state index contributed by atoms with van der Waals surface area (Å²) in [6.45, 7) is 2.86. The Kier molecular flexibility index (Phi) is 3.51. The molecule has 5 nitrogen and oxygen atoms in total. The molecular formula is C10H15N5. The van der Waals surface area contributed by atoms with Crippen LogP contribution < -0.4 is 5.32 Å². The highest BCUT2D eigenvalue weighted by atomic mass is 15.0. The molecule has 2 N–H and O–H groups in total. The second-order valence-corrected chi connectivity index (χ2v) is 3.41. The van der Waals surface area contributed by atoms with Crippen molar-refractivity contribution in [1.82, 2.24) is 24.8 Å². The van der Waals surface area contributed by atoms with Crippen LogP contribution in [0.15, 0.2) is 31.2 Å². The Morgan fingerprint density at radius 1 is 1.40 bits per heavy atom. The molecule has 0 fully saturated rings. The van der Waals surface area contributed by atoms with E-state index in [0.29, 0.717) is 0 Å². The number of nitrogens with zero attached hydrogens (tertiary/aromatic N) is 3. The van der Waals surface area contributed by atoms with Gasteiger partial charge >= 0.3 is 0 Å². The van der Waals surface area contributed by atoms with E-state index in [-0.39, 0.29) is 0 Å². The molecular weight excluding hydrogens is 190 g/mol. The number of nitrogens with one attached hydrogen (secondary N) is 2. The molecule has 0 aliphatic heterocycles. The summed E-state index contributed by atoms with van der Waals surface area (Å²) in [6.07, 6.45) is 10.3. The molecule has 5 heteroatoms. The Hall–Kier alpha value is -1.62. The van der Waals surface area contributed by atoms with Crippen LogP contribution in [0.25, 0.3) is 0 Å². The van der Waals surface area contributed by atoms with E-state index in [1.165, 1.54) is 0 Å². The summed E-state index contributed by atoms with van der Waals surface area (Å²) >= 11 is 0. The molecule has 0 atom stereocenters. The van der Waals surface area contributed by atoms with E-state index in [1.54, 1.807) is 12.5 Å². The molecule has 2 rings (SSSR count). The van der Waals surface area contributed by atoms with Crippen LogP contribution in [0.3, 0.4) is 0 Å². The lowest BCUT2D eigenvalue weighted by Crippen LogP contribution is -2.16. The summed E-state index contributed by atoms with van der Waals surface area (Å²) in [5.74, 6) is 0. The quantitative estimate of drug-likeness (QED) is 0.685. The van der Waals surface area contributed by atoms with Crippen LogP contribution >= 0.6 is 0 Å². The third-order valence-electron chi connectivity index (χ3n) is 2.20. The van der Waals surface area contributed by atoms with E-state index in [9.17, 15) is 0 Å². The van der Waals surface area contributed by atoms with E-state index in [2.05, 4.69) is 24.8 Å². The van der Waals surface area contributed by atoms with Gasteiger partial charge in [0.25, 0.3) is 0 Å². The summed E-state index contributed by atoms with van der Waals surface area (Å²) in [6, 6.07) is 0. The van der Waals surface area contributed by atoms with Crippen molar-refractivity contribution in [3.05, 3.63) is 36.9 Å². The van der Waals surface area contributed by atoms with Gasteiger partial charge in [-0.3, -0.25) is 0 Å². The van der Waals surface area contributed by atoms with Crippen molar-refractivity contribution in [1.29, 1.82) is 0 Å². The van der Waals surface area contributed by atoms with Crippen LogP contribution in [0.1, 0.15) is 12.1 Å². The lowest BCUT2D eigenvalue weighted by atomic mass is 10.4. The maximum absolute atomic E-state index is 3.99. The molecule has 0 saturated carbocycles. The zero-order valence-electron chi connectivity index (χ0n) is 8.56. The maximum atomic E-state index is 3.99. The van der Waals surface area contributed by atoms with Gasteiger partial charge in [-0.1, -0.05) is 0 Å². The van der Waals surface area contributed by atoms with Gasteiger partial charge in [0.15, 0.2) is 0 Å². The summed E-state index contributed by atoms with van der Waals surface area (Å²) in [5.41, 5.74) is 1.12. The maximum Gasteiger partial charge on any atom is 0.0945 e. The van der Waals surface area contributed by atoms with Crippen molar-refractivity contribution in [2.45, 2.75) is 19.5 Å². The van der Waals surface area contributed by atoms with Gasteiger partial charge in [-0.15, -0.1) is 0 Å². The molecule has 2 aromatic heterocycles. The number of hydrogen-bond donors (Lipinski definition) is 2. The van der Waals surface area contributed by atoms with E-state index in [4.69, 9.17) is 0 Å². The predicted octanol–water partition coefficient (Wildman–Crippen LogP) is 0.786. The molecule has 0 radical (unpaired) electrons. The van der Waals surface area contributed by atoms with Crippen LogP contribution in [0.2, 0.25) is 0 Å². The lowest BCUT2D eigenvalue weighted by molar-refractivity contribution is 0.577. The second-order valence-electron chi connectivity index (χ2n) is 3.41. The van der Waals surface area contributed by atoms with Crippen molar-refractivity contribution in [3.63, 3.8) is 0 Å². The van der Waals surface area contributed by atoms with Crippen molar-refractivity contribution in [3.8, 4) is 0 Å². The van der Waals surface area contributed by atoms with Gasteiger partial charge in [0, 0.05) is 37.4 Å². The van der Waals surface area contributed by atoms with Gasteiger partial charge in [-0.2, -0.15) is 0 Å². The summed E-state index contributed by atoms with van der Waals surface area (Å²) < 4.78 is 2.08. The Morgan fingerprint density at radius 3 is 3.13 bits per heavy atom. The fourth-order valence-corrected chi connectivity index (χ4v) is 1.41. The lowest BCUT2D eigenvalue weighted by Gasteiger charge is -2.03. The first-order chi connectivity index (χ1) is 7.45. The molecule has 0 aromatic carbocycles. The number of aromatic nitrogens is 4. The summed E-state index contributed by atoms with van der Waals surface area (Å²) in [7, 11) is 0. The monoisotopic (exact) mass is 205 g/mol. The zero-order chi connectivity index (χ0) is 10.3. The predicted molar refractivity (Wildman–Crippen MR) is 57.1 cm³/mol. The zero-order valence-corrected chi connectivity index (χ0v) is 8.56. The Labute approximate surface area is 88.6 Å². The second kappa shape index (κ2) is 5.31. The summed E-state index contributed by atoms with van der Waals surface area (Å²) in [5, 5.41) is 3.35. The van der Waals surface area contributed by atoms with E-state index in [0.717, 1.165) is 31.7 Å². The van der Waals surface area contributed by atoms with Crippen LogP contribution in [-0.4, -0.2) is 26.1 Å². The molecule has 0 aliphatic rings. The third kappa shape index (κ3) is 3.21. The largest absolute Gasteiger partial charge is 0.347 e. The standard InChI is InChI=1S/C10H15N5/c1(4-15-5-3-12-9-15)2-11-6-10-7-13-8-14-10/h3,5,7-9,11H,1-2,4,6H2,(H,13,14). The molecule has 0 spiro atoms. The molecule has 80 valence electrons. The smallest absolute Gasteiger partial charge is 0.0945 e. The highest BCUT2D eigenvalue weighted by Crippen LogP contribution is 1.91. The van der Waals surface area contributed by atoms with Crippen LogP contribution in [0.4, 0.5) is 0 Å². The number of aryl methyl sites for hydroxylation is 1. The molecule has 2 aromatic rings.